The number of hydrogen-bond acceptors (Lipinski definition) is 5. The minimum Gasteiger partial charge on any atom is -0.352 e. The van der Waals surface area contributed by atoms with Crippen molar-refractivity contribution in [3.63, 3.8) is 0 Å². The molecule has 1 aliphatic rings. The van der Waals surface area contributed by atoms with Crippen molar-refractivity contribution in [2.75, 3.05) is 18.1 Å². The molecule has 1 saturated heterocycles. The van der Waals surface area contributed by atoms with E-state index in [1.165, 1.54) is 5.56 Å². The van der Waals surface area contributed by atoms with Gasteiger partial charge in [-0.05, 0) is 37.8 Å². The summed E-state index contributed by atoms with van der Waals surface area (Å²) in [4.78, 5) is 18.2. The number of amides is 1. The Morgan fingerprint density at radius 3 is 2.49 bits per heavy atom. The van der Waals surface area contributed by atoms with Crippen LogP contribution in [0.1, 0.15) is 40.5 Å². The molecule has 2 aromatic carbocycles. The van der Waals surface area contributed by atoms with E-state index < -0.39 is 9.84 Å². The first-order chi connectivity index (χ1) is 16.9. The van der Waals surface area contributed by atoms with Crippen LogP contribution in [0.5, 0.6) is 0 Å². The average Bonchev–Trinajstić information content (AvgIpc) is 3.41. The highest BCUT2D eigenvalue weighted by Crippen LogP contribution is 2.32. The van der Waals surface area contributed by atoms with E-state index in [0.29, 0.717) is 41.0 Å². The van der Waals surface area contributed by atoms with Gasteiger partial charge in [-0.25, -0.2) is 18.1 Å². The Bertz CT molecular complexity index is 1460. The standard InChI is InChI=1S/C27H28N4O3S/c1-19-25-23(27(32)28-15-8-11-20-9-4-2-5-10-20)17-24(21-12-6-3-7-13-21)29-26(25)31(30-19)22-14-16-35(33,34)18-22/h2-7,9-10,12-13,17,22H,8,11,14-16,18H2,1H3,(H,28,32)/t22-/m0/s1. The lowest BCUT2D eigenvalue weighted by Gasteiger charge is -2.12. The molecule has 2 aromatic heterocycles. The molecule has 5 rings (SSSR count). The number of sulfone groups is 1. The summed E-state index contributed by atoms with van der Waals surface area (Å²) in [7, 11) is -3.10. The van der Waals surface area contributed by atoms with Crippen LogP contribution in [0.15, 0.2) is 66.7 Å². The molecule has 1 aliphatic heterocycles. The SMILES string of the molecule is Cc1nn([C@H]2CCS(=O)(=O)C2)c2nc(-c3ccccc3)cc(C(=O)NCCCc3ccccc3)c12. The maximum absolute atomic E-state index is 13.4. The van der Waals surface area contributed by atoms with Crippen LogP contribution in [-0.2, 0) is 16.3 Å². The summed E-state index contributed by atoms with van der Waals surface area (Å²) < 4.78 is 26.0. The number of carbonyl (C=O) groups is 1. The summed E-state index contributed by atoms with van der Waals surface area (Å²) in [6, 6.07) is 21.4. The molecule has 1 atom stereocenters. The maximum atomic E-state index is 13.4. The molecule has 180 valence electrons. The summed E-state index contributed by atoms with van der Waals surface area (Å²) in [5, 5.41) is 8.40. The number of benzene rings is 2. The molecule has 3 heterocycles. The minimum atomic E-state index is -3.10. The second-order valence-electron chi connectivity index (χ2n) is 9.05. The number of nitrogens with zero attached hydrogens (tertiary/aromatic N) is 3. The molecule has 4 aromatic rings. The molecular weight excluding hydrogens is 460 g/mol. The third-order valence-electron chi connectivity index (χ3n) is 6.48. The number of fused-ring (bicyclic) bond motifs is 1. The molecule has 7 nitrogen and oxygen atoms in total. The predicted molar refractivity (Wildman–Crippen MR) is 137 cm³/mol. The van der Waals surface area contributed by atoms with Gasteiger partial charge in [0.25, 0.3) is 5.91 Å². The molecule has 0 aliphatic carbocycles. The molecule has 8 heteroatoms. The highest BCUT2D eigenvalue weighted by Gasteiger charge is 2.32. The van der Waals surface area contributed by atoms with E-state index in [-0.39, 0.29) is 23.5 Å². The van der Waals surface area contributed by atoms with E-state index in [1.54, 1.807) is 4.68 Å². The highest BCUT2D eigenvalue weighted by atomic mass is 32.2. The Labute approximate surface area is 205 Å². The first-order valence-electron chi connectivity index (χ1n) is 11.9. The van der Waals surface area contributed by atoms with E-state index >= 15 is 0 Å². The van der Waals surface area contributed by atoms with Gasteiger partial charge in [-0.2, -0.15) is 5.10 Å². The fourth-order valence-electron chi connectivity index (χ4n) is 4.71. The van der Waals surface area contributed by atoms with Crippen molar-refractivity contribution in [3.05, 3.63) is 83.6 Å². The van der Waals surface area contributed by atoms with Crippen molar-refractivity contribution in [2.45, 2.75) is 32.2 Å². The number of aromatic nitrogens is 3. The van der Waals surface area contributed by atoms with E-state index in [1.807, 2.05) is 61.5 Å². The van der Waals surface area contributed by atoms with E-state index in [4.69, 9.17) is 4.98 Å². The quantitative estimate of drug-likeness (QED) is 0.395. The summed E-state index contributed by atoms with van der Waals surface area (Å²) in [5.41, 5.74) is 4.53. The van der Waals surface area contributed by atoms with Crippen molar-refractivity contribution in [1.82, 2.24) is 20.1 Å². The first kappa shape index (κ1) is 23.2. The Kier molecular flexibility index (Phi) is 6.38. The van der Waals surface area contributed by atoms with Crippen molar-refractivity contribution in [2.24, 2.45) is 0 Å². The van der Waals surface area contributed by atoms with Crippen LogP contribution in [0.2, 0.25) is 0 Å². The van der Waals surface area contributed by atoms with Crippen molar-refractivity contribution in [1.29, 1.82) is 0 Å². The predicted octanol–water partition coefficient (Wildman–Crippen LogP) is 4.13. The molecule has 0 bridgehead atoms. The van der Waals surface area contributed by atoms with Crippen LogP contribution < -0.4 is 5.32 Å². The second kappa shape index (κ2) is 9.62. The van der Waals surface area contributed by atoms with Gasteiger partial charge in [0.15, 0.2) is 15.5 Å². The Morgan fingerprint density at radius 1 is 1.09 bits per heavy atom. The lowest BCUT2D eigenvalue weighted by Crippen LogP contribution is -2.25. The van der Waals surface area contributed by atoms with Crippen molar-refractivity contribution in [3.8, 4) is 11.3 Å². The molecule has 0 radical (unpaired) electrons. The molecule has 1 fully saturated rings. The number of nitrogens with one attached hydrogen (secondary N) is 1. The zero-order valence-corrected chi connectivity index (χ0v) is 20.5. The molecule has 0 saturated carbocycles. The van der Waals surface area contributed by atoms with Crippen LogP contribution in [-0.4, -0.2) is 47.1 Å². The molecular formula is C27H28N4O3S. The van der Waals surface area contributed by atoms with Crippen LogP contribution in [0, 0.1) is 6.92 Å². The summed E-state index contributed by atoms with van der Waals surface area (Å²) in [6.45, 7) is 2.39. The zero-order valence-electron chi connectivity index (χ0n) is 19.6. The van der Waals surface area contributed by atoms with Crippen molar-refractivity contribution >= 4 is 26.8 Å². The molecule has 1 N–H and O–H groups in total. The fraction of sp³-hybridized carbons (Fsp3) is 0.296. The Balaban J connectivity index is 1.48. The van der Waals surface area contributed by atoms with E-state index in [2.05, 4.69) is 22.5 Å². The fourth-order valence-corrected chi connectivity index (χ4v) is 6.40. The van der Waals surface area contributed by atoms with Gasteiger partial charge < -0.3 is 5.32 Å². The third-order valence-corrected chi connectivity index (χ3v) is 8.23. The van der Waals surface area contributed by atoms with Crippen LogP contribution >= 0.6 is 0 Å². The maximum Gasteiger partial charge on any atom is 0.252 e. The van der Waals surface area contributed by atoms with Gasteiger partial charge in [0.1, 0.15) is 0 Å². The van der Waals surface area contributed by atoms with Gasteiger partial charge in [0.2, 0.25) is 0 Å². The smallest absolute Gasteiger partial charge is 0.252 e. The average molecular weight is 489 g/mol. The summed E-state index contributed by atoms with van der Waals surface area (Å²) >= 11 is 0. The Morgan fingerprint density at radius 2 is 1.80 bits per heavy atom. The molecule has 35 heavy (non-hydrogen) atoms. The molecule has 0 unspecified atom stereocenters. The number of pyridine rings is 1. The number of carbonyl (C=O) groups excluding carboxylic acids is 1. The zero-order chi connectivity index (χ0) is 24.4. The van der Waals surface area contributed by atoms with Crippen LogP contribution in [0.3, 0.4) is 0 Å². The summed E-state index contributed by atoms with van der Waals surface area (Å²) in [5.74, 6) is 0.0106. The van der Waals surface area contributed by atoms with Crippen LogP contribution in [0.4, 0.5) is 0 Å². The minimum absolute atomic E-state index is 0.0431. The van der Waals surface area contributed by atoms with Crippen molar-refractivity contribution < 1.29 is 13.2 Å². The van der Waals surface area contributed by atoms with Gasteiger partial charge in [-0.3, -0.25) is 4.79 Å². The third kappa shape index (κ3) is 4.98. The lowest BCUT2D eigenvalue weighted by molar-refractivity contribution is 0.0954. The molecule has 1 amide bonds. The topological polar surface area (TPSA) is 93.9 Å². The summed E-state index contributed by atoms with van der Waals surface area (Å²) in [6.07, 6.45) is 2.21. The number of rotatable bonds is 7. The van der Waals surface area contributed by atoms with Crippen LogP contribution in [0.25, 0.3) is 22.3 Å². The monoisotopic (exact) mass is 488 g/mol. The van der Waals surface area contributed by atoms with E-state index in [0.717, 1.165) is 18.4 Å². The number of aryl methyl sites for hydroxylation is 2. The molecule has 0 spiro atoms. The van der Waals surface area contributed by atoms with Gasteiger partial charge >= 0.3 is 0 Å². The lowest BCUT2D eigenvalue weighted by atomic mass is 10.0. The first-order valence-corrected chi connectivity index (χ1v) is 13.7. The van der Waals surface area contributed by atoms with Gasteiger partial charge in [-0.1, -0.05) is 60.7 Å². The van der Waals surface area contributed by atoms with Gasteiger partial charge in [0.05, 0.1) is 39.9 Å². The second-order valence-corrected chi connectivity index (χ2v) is 11.3. The Hall–Kier alpha value is -3.52. The largest absolute Gasteiger partial charge is 0.352 e. The van der Waals surface area contributed by atoms with Gasteiger partial charge in [0, 0.05) is 12.1 Å². The van der Waals surface area contributed by atoms with Gasteiger partial charge in [-0.15, -0.1) is 0 Å². The highest BCUT2D eigenvalue weighted by molar-refractivity contribution is 7.91. The van der Waals surface area contributed by atoms with E-state index in [9.17, 15) is 13.2 Å². The normalized spacial score (nSPS) is 17.0. The number of hydrogen-bond donors (Lipinski definition) is 1.